The second-order valence-corrected chi connectivity index (χ2v) is 5.19. The van der Waals surface area contributed by atoms with Gasteiger partial charge in [0, 0.05) is 5.56 Å². The largest absolute Gasteiger partial charge is 0.493 e. The van der Waals surface area contributed by atoms with Gasteiger partial charge in [-0.25, -0.2) is 4.98 Å². The smallest absolute Gasteiger partial charge is 0.192 e. The van der Waals surface area contributed by atoms with Crippen LogP contribution in [-0.2, 0) is 0 Å². The van der Waals surface area contributed by atoms with Crippen LogP contribution in [0.25, 0.3) is 23.0 Å². The number of methoxy groups -OCH3 is 1. The maximum absolute atomic E-state index is 5.50. The average Bonchev–Trinajstić information content (AvgIpc) is 3.16. The van der Waals surface area contributed by atoms with E-state index in [2.05, 4.69) is 31.1 Å². The van der Waals surface area contributed by atoms with Crippen molar-refractivity contribution in [1.82, 2.24) is 15.2 Å². The molecule has 0 unspecified atom stereocenters. The van der Waals surface area contributed by atoms with Gasteiger partial charge in [-0.05, 0) is 53.2 Å². The number of hydrogen-bond donors (Lipinski definition) is 1. The Hall–Kier alpha value is -2.28. The number of H-pyrrole nitrogens is 1. The molecule has 0 aliphatic rings. The van der Waals surface area contributed by atoms with E-state index in [1.165, 1.54) is 0 Å². The van der Waals surface area contributed by atoms with Gasteiger partial charge < -0.3 is 13.9 Å². The van der Waals surface area contributed by atoms with Crippen LogP contribution in [0.2, 0.25) is 0 Å². The number of benzene rings is 1. The summed E-state index contributed by atoms with van der Waals surface area (Å²) >= 11 is 3.26. The Morgan fingerprint density at radius 2 is 2.09 bits per heavy atom. The Bertz CT molecular complexity index is 782. The molecule has 0 radical (unpaired) electrons. The second kappa shape index (κ2) is 6.23. The van der Waals surface area contributed by atoms with Crippen molar-refractivity contribution < 1.29 is 13.9 Å². The molecule has 3 rings (SSSR count). The van der Waals surface area contributed by atoms with E-state index in [-0.39, 0.29) is 0 Å². The van der Waals surface area contributed by atoms with Crippen LogP contribution in [0.1, 0.15) is 6.92 Å². The molecular weight excluding hydrogens is 350 g/mol. The SMILES string of the molecule is CCOc1ccc(-c2n[nH]c(-c3ccc(Br)o3)n2)cc1OC. The van der Waals surface area contributed by atoms with Gasteiger partial charge >= 0.3 is 0 Å². The van der Waals surface area contributed by atoms with E-state index in [1.807, 2.05) is 31.2 Å². The molecule has 0 amide bonds. The summed E-state index contributed by atoms with van der Waals surface area (Å²) in [7, 11) is 1.60. The Balaban J connectivity index is 1.93. The Labute approximate surface area is 135 Å². The quantitative estimate of drug-likeness (QED) is 0.743. The lowest BCUT2D eigenvalue weighted by Gasteiger charge is -2.09. The second-order valence-electron chi connectivity index (χ2n) is 4.41. The third kappa shape index (κ3) is 2.85. The molecule has 0 fully saturated rings. The summed E-state index contributed by atoms with van der Waals surface area (Å²) in [6.07, 6.45) is 0. The zero-order valence-electron chi connectivity index (χ0n) is 12.1. The summed E-state index contributed by atoms with van der Waals surface area (Å²) in [6, 6.07) is 9.19. The van der Waals surface area contributed by atoms with Crippen molar-refractivity contribution in [2.45, 2.75) is 6.92 Å². The minimum absolute atomic E-state index is 0.559. The molecule has 7 heteroatoms. The maximum Gasteiger partial charge on any atom is 0.192 e. The first kappa shape index (κ1) is 14.6. The van der Waals surface area contributed by atoms with Crippen LogP contribution < -0.4 is 9.47 Å². The lowest BCUT2D eigenvalue weighted by molar-refractivity contribution is 0.311. The minimum atomic E-state index is 0.559. The molecule has 22 heavy (non-hydrogen) atoms. The lowest BCUT2D eigenvalue weighted by Crippen LogP contribution is -1.95. The summed E-state index contributed by atoms with van der Waals surface area (Å²) in [5.74, 6) is 3.08. The molecular formula is C15H14BrN3O3. The number of nitrogens with zero attached hydrogens (tertiary/aromatic N) is 2. The van der Waals surface area contributed by atoms with Crippen molar-refractivity contribution in [3.8, 4) is 34.5 Å². The van der Waals surface area contributed by atoms with Gasteiger partial charge in [0.15, 0.2) is 33.6 Å². The number of aromatic amines is 1. The topological polar surface area (TPSA) is 73.2 Å². The summed E-state index contributed by atoms with van der Waals surface area (Å²) in [4.78, 5) is 4.44. The molecule has 1 aromatic carbocycles. The first-order chi connectivity index (χ1) is 10.7. The Kier molecular flexibility index (Phi) is 4.15. The fraction of sp³-hybridized carbons (Fsp3) is 0.200. The van der Waals surface area contributed by atoms with E-state index in [0.717, 1.165) is 5.56 Å². The number of nitrogens with one attached hydrogen (secondary N) is 1. The van der Waals surface area contributed by atoms with Gasteiger partial charge in [0.25, 0.3) is 0 Å². The Morgan fingerprint density at radius 3 is 2.77 bits per heavy atom. The van der Waals surface area contributed by atoms with Gasteiger partial charge in [0.05, 0.1) is 13.7 Å². The van der Waals surface area contributed by atoms with E-state index in [4.69, 9.17) is 13.9 Å². The standard InChI is InChI=1S/C15H14BrN3O3/c1-3-21-10-5-4-9(8-12(10)20-2)14-17-15(19-18-14)11-6-7-13(16)22-11/h4-8H,3H2,1-2H3,(H,17,18,19). The van der Waals surface area contributed by atoms with Crippen molar-refractivity contribution in [3.63, 3.8) is 0 Å². The van der Waals surface area contributed by atoms with Crippen LogP contribution in [-0.4, -0.2) is 28.9 Å². The molecule has 0 bridgehead atoms. The van der Waals surface area contributed by atoms with Crippen LogP contribution in [0.15, 0.2) is 39.4 Å². The fourth-order valence-electron chi connectivity index (χ4n) is 2.02. The van der Waals surface area contributed by atoms with Gasteiger partial charge in [-0.3, -0.25) is 5.10 Å². The molecule has 2 heterocycles. The molecule has 6 nitrogen and oxygen atoms in total. The minimum Gasteiger partial charge on any atom is -0.493 e. The van der Waals surface area contributed by atoms with Gasteiger partial charge in [-0.1, -0.05) is 0 Å². The highest BCUT2D eigenvalue weighted by Crippen LogP contribution is 2.32. The molecule has 0 aliphatic carbocycles. The Morgan fingerprint density at radius 1 is 1.23 bits per heavy atom. The van der Waals surface area contributed by atoms with E-state index < -0.39 is 0 Å². The van der Waals surface area contributed by atoms with Crippen molar-refractivity contribution in [1.29, 1.82) is 0 Å². The molecule has 114 valence electrons. The summed E-state index contributed by atoms with van der Waals surface area (Å²) in [6.45, 7) is 2.50. The van der Waals surface area contributed by atoms with E-state index in [0.29, 0.717) is 40.2 Å². The number of rotatable bonds is 5. The van der Waals surface area contributed by atoms with E-state index >= 15 is 0 Å². The third-order valence-corrected chi connectivity index (χ3v) is 3.44. The van der Waals surface area contributed by atoms with Crippen molar-refractivity contribution in [2.75, 3.05) is 13.7 Å². The zero-order chi connectivity index (χ0) is 15.5. The third-order valence-electron chi connectivity index (χ3n) is 3.01. The summed E-state index contributed by atoms with van der Waals surface area (Å²) in [5.41, 5.74) is 0.827. The molecule has 0 saturated heterocycles. The van der Waals surface area contributed by atoms with Crippen LogP contribution >= 0.6 is 15.9 Å². The van der Waals surface area contributed by atoms with Gasteiger partial charge in [-0.2, -0.15) is 5.10 Å². The highest BCUT2D eigenvalue weighted by molar-refractivity contribution is 9.10. The normalized spacial score (nSPS) is 10.7. The first-order valence-corrected chi connectivity index (χ1v) is 7.50. The fourth-order valence-corrected chi connectivity index (χ4v) is 2.33. The highest BCUT2D eigenvalue weighted by Gasteiger charge is 2.13. The predicted octanol–water partition coefficient (Wildman–Crippen LogP) is 3.90. The molecule has 0 aliphatic heterocycles. The average molecular weight is 364 g/mol. The number of furan rings is 1. The van der Waals surface area contributed by atoms with Crippen LogP contribution in [0, 0.1) is 0 Å². The lowest BCUT2D eigenvalue weighted by atomic mass is 10.2. The molecule has 0 saturated carbocycles. The number of ether oxygens (including phenoxy) is 2. The molecule has 0 spiro atoms. The predicted molar refractivity (Wildman–Crippen MR) is 84.9 cm³/mol. The maximum atomic E-state index is 5.50. The van der Waals surface area contributed by atoms with E-state index in [1.54, 1.807) is 13.2 Å². The summed E-state index contributed by atoms with van der Waals surface area (Å²) < 4.78 is 16.9. The number of hydrogen-bond acceptors (Lipinski definition) is 5. The van der Waals surface area contributed by atoms with Gasteiger partial charge in [0.1, 0.15) is 0 Å². The van der Waals surface area contributed by atoms with Crippen LogP contribution in [0.5, 0.6) is 11.5 Å². The van der Waals surface area contributed by atoms with Gasteiger partial charge in [0.2, 0.25) is 0 Å². The monoisotopic (exact) mass is 363 g/mol. The van der Waals surface area contributed by atoms with Crippen molar-refractivity contribution >= 4 is 15.9 Å². The van der Waals surface area contributed by atoms with Crippen LogP contribution in [0.4, 0.5) is 0 Å². The number of aromatic nitrogens is 3. The molecule has 3 aromatic rings. The summed E-state index contributed by atoms with van der Waals surface area (Å²) in [5, 5.41) is 7.08. The van der Waals surface area contributed by atoms with E-state index in [9.17, 15) is 0 Å². The highest BCUT2D eigenvalue weighted by atomic mass is 79.9. The molecule has 0 atom stereocenters. The first-order valence-electron chi connectivity index (χ1n) is 6.70. The zero-order valence-corrected chi connectivity index (χ0v) is 13.7. The van der Waals surface area contributed by atoms with Crippen molar-refractivity contribution in [3.05, 3.63) is 35.0 Å². The van der Waals surface area contributed by atoms with Crippen LogP contribution in [0.3, 0.4) is 0 Å². The van der Waals surface area contributed by atoms with Gasteiger partial charge in [-0.15, -0.1) is 0 Å². The van der Waals surface area contributed by atoms with Crippen molar-refractivity contribution in [2.24, 2.45) is 0 Å². The number of halogens is 1. The molecule has 1 N–H and O–H groups in total. The molecule has 2 aromatic heterocycles.